The van der Waals surface area contributed by atoms with E-state index in [4.69, 9.17) is 0 Å². The minimum Gasteiger partial charge on any atom is -0.342 e. The lowest BCUT2D eigenvalue weighted by Crippen LogP contribution is -2.58. The highest BCUT2D eigenvalue weighted by atomic mass is 16.2. The van der Waals surface area contributed by atoms with Crippen molar-refractivity contribution in [2.45, 2.75) is 76.2 Å². The van der Waals surface area contributed by atoms with Gasteiger partial charge >= 0.3 is 0 Å². The molecule has 3 rings (SSSR count). The lowest BCUT2D eigenvalue weighted by molar-refractivity contribution is -0.141. The second-order valence-corrected chi connectivity index (χ2v) is 7.20. The third kappa shape index (κ3) is 3.24. The van der Waals surface area contributed by atoms with Crippen molar-refractivity contribution in [3.05, 3.63) is 0 Å². The summed E-state index contributed by atoms with van der Waals surface area (Å²) >= 11 is 0. The van der Waals surface area contributed by atoms with Crippen molar-refractivity contribution in [3.63, 3.8) is 0 Å². The van der Waals surface area contributed by atoms with Crippen LogP contribution in [0.4, 0.5) is 0 Å². The van der Waals surface area contributed by atoms with Crippen LogP contribution in [0, 0.1) is 5.92 Å². The van der Waals surface area contributed by atoms with E-state index in [0.29, 0.717) is 18.9 Å². The molecule has 0 bridgehead atoms. The van der Waals surface area contributed by atoms with Crippen LogP contribution in [-0.4, -0.2) is 35.3 Å². The molecule has 2 saturated carbocycles. The molecular weight excluding hydrogens is 264 g/mol. The molecule has 4 heteroatoms. The predicted molar refractivity (Wildman–Crippen MR) is 81.7 cm³/mol. The Morgan fingerprint density at radius 3 is 2.38 bits per heavy atom. The molecular formula is C17H28N2O2. The molecule has 3 aliphatic rings. The van der Waals surface area contributed by atoms with Crippen molar-refractivity contribution < 1.29 is 9.59 Å². The zero-order chi connectivity index (χ0) is 14.7. The second kappa shape index (κ2) is 6.37. The Labute approximate surface area is 127 Å². The summed E-state index contributed by atoms with van der Waals surface area (Å²) in [5.74, 6) is 0.923. The number of carbonyl (C=O) groups excluding carboxylic acids is 2. The van der Waals surface area contributed by atoms with Crippen molar-refractivity contribution in [1.82, 2.24) is 10.2 Å². The molecule has 2 amide bonds. The van der Waals surface area contributed by atoms with E-state index >= 15 is 0 Å². The van der Waals surface area contributed by atoms with Crippen LogP contribution < -0.4 is 5.32 Å². The number of carbonyl (C=O) groups is 2. The molecule has 0 aromatic rings. The summed E-state index contributed by atoms with van der Waals surface area (Å²) in [6.45, 7) is 1.48. The van der Waals surface area contributed by atoms with Gasteiger partial charge in [0.05, 0.1) is 0 Å². The molecule has 4 nitrogen and oxygen atoms in total. The molecule has 1 saturated heterocycles. The predicted octanol–water partition coefficient (Wildman–Crippen LogP) is 2.62. The first-order chi connectivity index (χ1) is 10.2. The molecule has 1 heterocycles. The molecule has 0 aromatic heterocycles. The molecule has 21 heavy (non-hydrogen) atoms. The van der Waals surface area contributed by atoms with Crippen LogP contribution in [0.3, 0.4) is 0 Å². The number of amides is 2. The number of hydrogen-bond acceptors (Lipinski definition) is 2. The van der Waals surface area contributed by atoms with Crippen molar-refractivity contribution in [2.75, 3.05) is 13.1 Å². The Kier molecular flexibility index (Phi) is 4.51. The van der Waals surface area contributed by atoms with Gasteiger partial charge in [-0.1, -0.05) is 38.5 Å². The number of nitrogens with one attached hydrogen (secondary N) is 1. The third-order valence-electron chi connectivity index (χ3n) is 5.59. The van der Waals surface area contributed by atoms with Gasteiger partial charge in [-0.25, -0.2) is 0 Å². The van der Waals surface area contributed by atoms with Crippen molar-refractivity contribution >= 4 is 11.8 Å². The van der Waals surface area contributed by atoms with Crippen LogP contribution in [0.5, 0.6) is 0 Å². The van der Waals surface area contributed by atoms with E-state index in [2.05, 4.69) is 5.32 Å². The van der Waals surface area contributed by atoms with Gasteiger partial charge in [0.25, 0.3) is 0 Å². The largest absolute Gasteiger partial charge is 0.342 e. The Hall–Kier alpha value is -1.06. The first-order valence-corrected chi connectivity index (χ1v) is 8.80. The Balaban J connectivity index is 1.72. The highest BCUT2D eigenvalue weighted by Crippen LogP contribution is 2.33. The highest BCUT2D eigenvalue weighted by Gasteiger charge is 2.45. The number of hydrogen-bond donors (Lipinski definition) is 1. The standard InChI is InChI=1S/C17H28N2O2/c20-15-9-12-19(13-14-7-3-1-4-8-14)16(21)17(18-15)10-5-2-6-11-17/h14H,1-13H2,(H,18,20). The summed E-state index contributed by atoms with van der Waals surface area (Å²) in [4.78, 5) is 27.1. The van der Waals surface area contributed by atoms with E-state index in [1.165, 1.54) is 38.5 Å². The smallest absolute Gasteiger partial charge is 0.248 e. The van der Waals surface area contributed by atoms with Crippen LogP contribution in [0.1, 0.15) is 70.6 Å². The average molecular weight is 292 g/mol. The normalized spacial score (nSPS) is 27.5. The zero-order valence-electron chi connectivity index (χ0n) is 13.0. The van der Waals surface area contributed by atoms with Crippen molar-refractivity contribution in [3.8, 4) is 0 Å². The Bertz CT molecular complexity index is 396. The van der Waals surface area contributed by atoms with Gasteiger partial charge in [-0.15, -0.1) is 0 Å². The molecule has 0 unspecified atom stereocenters. The quantitative estimate of drug-likeness (QED) is 0.850. The summed E-state index contributed by atoms with van der Waals surface area (Å²) in [6.07, 6.45) is 11.9. The summed E-state index contributed by atoms with van der Waals surface area (Å²) < 4.78 is 0. The van der Waals surface area contributed by atoms with Gasteiger partial charge in [0.15, 0.2) is 0 Å². The van der Waals surface area contributed by atoms with Gasteiger partial charge in [-0.2, -0.15) is 0 Å². The molecule has 118 valence electrons. The summed E-state index contributed by atoms with van der Waals surface area (Å²) in [5.41, 5.74) is -0.569. The molecule has 2 aliphatic carbocycles. The summed E-state index contributed by atoms with van der Waals surface area (Å²) in [5, 5.41) is 3.08. The van der Waals surface area contributed by atoms with Crippen molar-refractivity contribution in [2.24, 2.45) is 5.92 Å². The van der Waals surface area contributed by atoms with Gasteiger partial charge in [0.1, 0.15) is 5.54 Å². The zero-order valence-corrected chi connectivity index (χ0v) is 13.0. The SMILES string of the molecule is O=C1CCN(CC2CCCCC2)C(=O)C2(CCCCC2)N1. The Morgan fingerprint density at radius 2 is 1.67 bits per heavy atom. The van der Waals surface area contributed by atoms with Gasteiger partial charge in [0, 0.05) is 19.5 Å². The van der Waals surface area contributed by atoms with Crippen LogP contribution in [-0.2, 0) is 9.59 Å². The summed E-state index contributed by atoms with van der Waals surface area (Å²) in [6, 6.07) is 0. The molecule has 1 spiro atoms. The monoisotopic (exact) mass is 292 g/mol. The van der Waals surface area contributed by atoms with E-state index in [1.54, 1.807) is 0 Å². The molecule has 3 fully saturated rings. The second-order valence-electron chi connectivity index (χ2n) is 7.20. The molecule has 0 aromatic carbocycles. The first-order valence-electron chi connectivity index (χ1n) is 8.80. The van der Waals surface area contributed by atoms with E-state index in [0.717, 1.165) is 32.2 Å². The van der Waals surface area contributed by atoms with Crippen LogP contribution >= 0.6 is 0 Å². The maximum absolute atomic E-state index is 13.1. The first kappa shape index (κ1) is 14.9. The molecule has 0 atom stereocenters. The molecule has 1 N–H and O–H groups in total. The van der Waals surface area contributed by atoms with Crippen LogP contribution in [0.2, 0.25) is 0 Å². The van der Waals surface area contributed by atoms with Crippen LogP contribution in [0.15, 0.2) is 0 Å². The topological polar surface area (TPSA) is 49.4 Å². The minimum absolute atomic E-state index is 0.0661. The fourth-order valence-electron chi connectivity index (χ4n) is 4.37. The van der Waals surface area contributed by atoms with Gasteiger partial charge in [-0.3, -0.25) is 9.59 Å². The van der Waals surface area contributed by atoms with E-state index in [-0.39, 0.29) is 11.8 Å². The molecule has 0 radical (unpaired) electrons. The number of rotatable bonds is 2. The highest BCUT2D eigenvalue weighted by molar-refractivity contribution is 5.93. The van der Waals surface area contributed by atoms with Gasteiger partial charge in [0.2, 0.25) is 11.8 Å². The fourth-order valence-corrected chi connectivity index (χ4v) is 4.37. The van der Waals surface area contributed by atoms with Crippen molar-refractivity contribution in [1.29, 1.82) is 0 Å². The lowest BCUT2D eigenvalue weighted by atomic mass is 9.80. The Morgan fingerprint density at radius 1 is 1.00 bits per heavy atom. The number of nitrogens with zero attached hydrogens (tertiary/aromatic N) is 1. The van der Waals surface area contributed by atoms with Gasteiger partial charge < -0.3 is 10.2 Å². The minimum atomic E-state index is -0.569. The fraction of sp³-hybridized carbons (Fsp3) is 0.882. The average Bonchev–Trinajstić information content (AvgIpc) is 2.62. The lowest BCUT2D eigenvalue weighted by Gasteiger charge is -2.39. The molecule has 1 aliphatic heterocycles. The maximum Gasteiger partial charge on any atom is 0.248 e. The third-order valence-corrected chi connectivity index (χ3v) is 5.59. The summed E-state index contributed by atoms with van der Waals surface area (Å²) in [7, 11) is 0. The van der Waals surface area contributed by atoms with E-state index in [1.807, 2.05) is 4.90 Å². The van der Waals surface area contributed by atoms with E-state index in [9.17, 15) is 9.59 Å². The maximum atomic E-state index is 13.1. The van der Waals surface area contributed by atoms with E-state index < -0.39 is 5.54 Å². The van der Waals surface area contributed by atoms with Gasteiger partial charge in [-0.05, 0) is 31.6 Å². The van der Waals surface area contributed by atoms with Crippen LogP contribution in [0.25, 0.3) is 0 Å².